The highest BCUT2D eigenvalue weighted by Crippen LogP contribution is 2.16. The van der Waals surface area contributed by atoms with Crippen molar-refractivity contribution in [3.63, 3.8) is 0 Å². The first kappa shape index (κ1) is 16.1. The number of rotatable bonds is 8. The molecule has 108 valence electrons. The minimum Gasteiger partial charge on any atom is -0.326 e. The van der Waals surface area contributed by atoms with Gasteiger partial charge in [-0.15, -0.1) is 0 Å². The summed E-state index contributed by atoms with van der Waals surface area (Å²) >= 11 is 0. The van der Waals surface area contributed by atoms with E-state index in [1.54, 1.807) is 6.07 Å². The molecule has 1 atom stereocenters. The quantitative estimate of drug-likeness (QED) is 0.777. The van der Waals surface area contributed by atoms with E-state index in [4.69, 9.17) is 5.73 Å². The zero-order chi connectivity index (χ0) is 14.3. The smallest absolute Gasteiger partial charge is 0.123 e. The lowest BCUT2D eigenvalue weighted by atomic mass is 10.1. The summed E-state index contributed by atoms with van der Waals surface area (Å²) in [5.74, 6) is -0.201. The first-order chi connectivity index (χ1) is 9.12. The summed E-state index contributed by atoms with van der Waals surface area (Å²) in [5.41, 5.74) is 7.79. The lowest BCUT2D eigenvalue weighted by Gasteiger charge is -2.29. The van der Waals surface area contributed by atoms with Gasteiger partial charge in [-0.1, -0.05) is 26.3 Å². The molecule has 0 spiro atoms. The Bertz CT molecular complexity index is 379. The van der Waals surface area contributed by atoms with Gasteiger partial charge in [0.25, 0.3) is 0 Å². The second kappa shape index (κ2) is 8.28. The predicted molar refractivity (Wildman–Crippen MR) is 79.4 cm³/mol. The highest BCUT2D eigenvalue weighted by Gasteiger charge is 2.14. The molecule has 0 saturated heterocycles. The molecule has 0 amide bonds. The van der Waals surface area contributed by atoms with Crippen LogP contribution in [0, 0.1) is 5.82 Å². The summed E-state index contributed by atoms with van der Waals surface area (Å²) in [6, 6.07) is 5.51. The summed E-state index contributed by atoms with van der Waals surface area (Å²) in [5, 5.41) is 0. The molecule has 0 aliphatic heterocycles. The van der Waals surface area contributed by atoms with Crippen LogP contribution in [0.1, 0.15) is 51.2 Å². The fourth-order valence-electron chi connectivity index (χ4n) is 2.23. The molecule has 1 unspecified atom stereocenters. The molecule has 1 aromatic carbocycles. The minimum atomic E-state index is -0.201. The number of benzene rings is 1. The summed E-state index contributed by atoms with van der Waals surface area (Å²) in [7, 11) is 0. The molecule has 2 nitrogen and oxygen atoms in total. The molecular weight excluding hydrogens is 239 g/mol. The van der Waals surface area contributed by atoms with Gasteiger partial charge in [0.05, 0.1) is 0 Å². The third kappa shape index (κ3) is 4.92. The highest BCUT2D eigenvalue weighted by atomic mass is 19.1. The molecule has 19 heavy (non-hydrogen) atoms. The van der Waals surface area contributed by atoms with E-state index in [2.05, 4.69) is 25.7 Å². The molecule has 2 N–H and O–H groups in total. The maximum atomic E-state index is 13.2. The molecule has 1 rings (SSSR count). The third-order valence-corrected chi connectivity index (χ3v) is 3.77. The lowest BCUT2D eigenvalue weighted by molar-refractivity contribution is 0.191. The van der Waals surface area contributed by atoms with Crippen LogP contribution < -0.4 is 5.73 Å². The van der Waals surface area contributed by atoms with Gasteiger partial charge in [-0.05, 0) is 49.6 Å². The van der Waals surface area contributed by atoms with Crippen molar-refractivity contribution in [2.24, 2.45) is 5.73 Å². The van der Waals surface area contributed by atoms with E-state index in [0.717, 1.165) is 30.6 Å². The first-order valence-electron chi connectivity index (χ1n) is 7.33. The fourth-order valence-corrected chi connectivity index (χ4v) is 2.23. The van der Waals surface area contributed by atoms with Gasteiger partial charge in [0.2, 0.25) is 0 Å². The number of nitrogens with two attached hydrogens (primary N) is 1. The topological polar surface area (TPSA) is 29.3 Å². The minimum absolute atomic E-state index is 0.201. The monoisotopic (exact) mass is 266 g/mol. The van der Waals surface area contributed by atoms with Crippen LogP contribution in [0.15, 0.2) is 18.2 Å². The van der Waals surface area contributed by atoms with Crippen molar-refractivity contribution < 1.29 is 4.39 Å². The Morgan fingerprint density at radius 1 is 1.26 bits per heavy atom. The van der Waals surface area contributed by atoms with Crippen LogP contribution in [-0.4, -0.2) is 17.5 Å². The van der Waals surface area contributed by atoms with Gasteiger partial charge in [-0.25, -0.2) is 4.39 Å². The van der Waals surface area contributed by atoms with E-state index in [1.807, 2.05) is 6.07 Å². The average Bonchev–Trinajstić information content (AvgIpc) is 2.43. The molecule has 0 fully saturated rings. The molecule has 0 aliphatic carbocycles. The van der Waals surface area contributed by atoms with Crippen LogP contribution in [0.4, 0.5) is 4.39 Å². The maximum absolute atomic E-state index is 13.2. The molecule has 3 heteroatoms. The van der Waals surface area contributed by atoms with Crippen molar-refractivity contribution in [1.82, 2.24) is 4.90 Å². The summed E-state index contributed by atoms with van der Waals surface area (Å²) in [6.07, 6.45) is 3.52. The van der Waals surface area contributed by atoms with E-state index in [-0.39, 0.29) is 5.82 Å². The Hall–Kier alpha value is -0.930. The lowest BCUT2D eigenvalue weighted by Crippen LogP contribution is -2.33. The van der Waals surface area contributed by atoms with Crippen molar-refractivity contribution in [3.05, 3.63) is 35.1 Å². The normalized spacial score (nSPS) is 12.9. The second-order valence-electron chi connectivity index (χ2n) is 5.20. The van der Waals surface area contributed by atoms with Crippen molar-refractivity contribution in [2.45, 2.75) is 59.2 Å². The van der Waals surface area contributed by atoms with Gasteiger partial charge < -0.3 is 5.73 Å². The second-order valence-corrected chi connectivity index (χ2v) is 5.20. The third-order valence-electron chi connectivity index (χ3n) is 3.77. The highest BCUT2D eigenvalue weighted by molar-refractivity contribution is 5.27. The Morgan fingerprint density at radius 2 is 2.00 bits per heavy atom. The molecule has 0 heterocycles. The largest absolute Gasteiger partial charge is 0.326 e. The molecule has 0 saturated carbocycles. The van der Waals surface area contributed by atoms with Gasteiger partial charge in [0, 0.05) is 19.1 Å². The van der Waals surface area contributed by atoms with E-state index in [9.17, 15) is 4.39 Å². The van der Waals surface area contributed by atoms with Crippen molar-refractivity contribution in [3.8, 4) is 0 Å². The van der Waals surface area contributed by atoms with Gasteiger partial charge in [-0.3, -0.25) is 4.90 Å². The zero-order valence-electron chi connectivity index (χ0n) is 12.5. The number of halogens is 1. The van der Waals surface area contributed by atoms with E-state index < -0.39 is 0 Å². The zero-order valence-corrected chi connectivity index (χ0v) is 12.5. The van der Waals surface area contributed by atoms with Crippen LogP contribution in [0.3, 0.4) is 0 Å². The van der Waals surface area contributed by atoms with Crippen molar-refractivity contribution in [1.29, 1.82) is 0 Å². The number of unbranched alkanes of at least 4 members (excludes halogenated alkanes) is 1. The Labute approximate surface area is 116 Å². The van der Waals surface area contributed by atoms with Crippen LogP contribution >= 0.6 is 0 Å². The predicted octanol–water partition coefficient (Wildman–Crippen LogP) is 3.69. The van der Waals surface area contributed by atoms with Gasteiger partial charge >= 0.3 is 0 Å². The Morgan fingerprint density at radius 3 is 2.58 bits per heavy atom. The van der Waals surface area contributed by atoms with E-state index in [0.29, 0.717) is 12.6 Å². The standard InChI is InChI=1S/C16H27FN2/c1-4-6-9-19(13(3)5-2)12-14-7-8-16(17)10-15(14)11-18/h7-8,10,13H,4-6,9,11-12,18H2,1-3H3. The summed E-state index contributed by atoms with van der Waals surface area (Å²) in [4.78, 5) is 2.47. The molecular formula is C16H27FN2. The summed E-state index contributed by atoms with van der Waals surface area (Å²) < 4.78 is 13.2. The number of hydrogen-bond donors (Lipinski definition) is 1. The molecule has 0 aliphatic rings. The SMILES string of the molecule is CCCCN(Cc1ccc(F)cc1CN)C(C)CC. The van der Waals surface area contributed by atoms with E-state index >= 15 is 0 Å². The first-order valence-corrected chi connectivity index (χ1v) is 7.33. The molecule has 0 bridgehead atoms. The van der Waals surface area contributed by atoms with Crippen molar-refractivity contribution >= 4 is 0 Å². The maximum Gasteiger partial charge on any atom is 0.123 e. The number of nitrogens with zero attached hydrogens (tertiary/aromatic N) is 1. The fraction of sp³-hybridized carbons (Fsp3) is 0.625. The molecule has 0 aromatic heterocycles. The van der Waals surface area contributed by atoms with Gasteiger partial charge in [0.1, 0.15) is 5.82 Å². The summed E-state index contributed by atoms with van der Waals surface area (Å²) in [6.45, 7) is 9.02. The average molecular weight is 266 g/mol. The van der Waals surface area contributed by atoms with Crippen molar-refractivity contribution in [2.75, 3.05) is 6.54 Å². The molecule has 0 radical (unpaired) electrons. The van der Waals surface area contributed by atoms with E-state index in [1.165, 1.54) is 18.9 Å². The van der Waals surface area contributed by atoms with Gasteiger partial charge in [0.15, 0.2) is 0 Å². The Balaban J connectivity index is 2.82. The van der Waals surface area contributed by atoms with Crippen LogP contribution in [0.2, 0.25) is 0 Å². The molecule has 1 aromatic rings. The van der Waals surface area contributed by atoms with Gasteiger partial charge in [-0.2, -0.15) is 0 Å². The Kier molecular flexibility index (Phi) is 7.03. The van der Waals surface area contributed by atoms with Crippen LogP contribution in [-0.2, 0) is 13.1 Å². The van der Waals surface area contributed by atoms with Crippen LogP contribution in [0.5, 0.6) is 0 Å². The number of hydrogen-bond acceptors (Lipinski definition) is 2. The van der Waals surface area contributed by atoms with Crippen LogP contribution in [0.25, 0.3) is 0 Å².